The maximum absolute atomic E-state index is 12.9. The average molecular weight is 357 g/mol. The SMILES string of the molecule is O=C(c1ccc(NC(=S)NCc2ccc(F)cc2)cc1)N1CCCC1. The van der Waals surface area contributed by atoms with Crippen molar-refractivity contribution < 1.29 is 9.18 Å². The molecule has 1 fully saturated rings. The van der Waals surface area contributed by atoms with Gasteiger partial charge >= 0.3 is 0 Å². The predicted molar refractivity (Wildman–Crippen MR) is 101 cm³/mol. The minimum atomic E-state index is -0.256. The molecule has 4 nitrogen and oxygen atoms in total. The number of anilines is 1. The number of benzene rings is 2. The highest BCUT2D eigenvalue weighted by Gasteiger charge is 2.19. The van der Waals surface area contributed by atoms with Crippen molar-refractivity contribution in [2.75, 3.05) is 18.4 Å². The van der Waals surface area contributed by atoms with Crippen LogP contribution in [-0.4, -0.2) is 29.0 Å². The van der Waals surface area contributed by atoms with E-state index in [-0.39, 0.29) is 11.7 Å². The Morgan fingerprint density at radius 1 is 1.04 bits per heavy atom. The summed E-state index contributed by atoms with van der Waals surface area (Å²) in [7, 11) is 0. The maximum atomic E-state index is 12.9. The number of thiocarbonyl (C=S) groups is 1. The van der Waals surface area contributed by atoms with Gasteiger partial charge < -0.3 is 15.5 Å². The fraction of sp³-hybridized carbons (Fsp3) is 0.263. The molecule has 0 atom stereocenters. The zero-order valence-corrected chi connectivity index (χ0v) is 14.6. The van der Waals surface area contributed by atoms with E-state index in [1.165, 1.54) is 12.1 Å². The Hall–Kier alpha value is -2.47. The van der Waals surface area contributed by atoms with Crippen LogP contribution in [0.1, 0.15) is 28.8 Å². The van der Waals surface area contributed by atoms with E-state index >= 15 is 0 Å². The zero-order valence-electron chi connectivity index (χ0n) is 13.8. The third kappa shape index (κ3) is 4.76. The van der Waals surface area contributed by atoms with Crippen LogP contribution in [0.2, 0.25) is 0 Å². The second-order valence-corrected chi connectivity index (χ2v) is 6.42. The second-order valence-electron chi connectivity index (χ2n) is 6.01. The van der Waals surface area contributed by atoms with Crippen molar-refractivity contribution in [3.8, 4) is 0 Å². The topological polar surface area (TPSA) is 44.4 Å². The third-order valence-corrected chi connectivity index (χ3v) is 4.40. The molecule has 1 saturated heterocycles. The third-order valence-electron chi connectivity index (χ3n) is 4.15. The van der Waals surface area contributed by atoms with Gasteiger partial charge in [-0.25, -0.2) is 4.39 Å². The Bertz CT molecular complexity index is 740. The van der Waals surface area contributed by atoms with Gasteiger partial charge in [-0.1, -0.05) is 12.1 Å². The van der Waals surface area contributed by atoms with Crippen molar-refractivity contribution in [1.82, 2.24) is 10.2 Å². The Kier molecular flexibility index (Phi) is 5.60. The number of halogens is 1. The van der Waals surface area contributed by atoms with Crippen LogP contribution >= 0.6 is 12.2 Å². The molecule has 0 radical (unpaired) electrons. The molecule has 0 spiro atoms. The number of carbonyl (C=O) groups excluding carboxylic acids is 1. The van der Waals surface area contributed by atoms with Gasteiger partial charge in [0, 0.05) is 30.9 Å². The molecule has 1 heterocycles. The van der Waals surface area contributed by atoms with E-state index in [9.17, 15) is 9.18 Å². The van der Waals surface area contributed by atoms with E-state index in [0.29, 0.717) is 17.2 Å². The second kappa shape index (κ2) is 8.07. The van der Waals surface area contributed by atoms with E-state index in [1.54, 1.807) is 12.1 Å². The van der Waals surface area contributed by atoms with Crippen molar-refractivity contribution in [2.24, 2.45) is 0 Å². The summed E-state index contributed by atoms with van der Waals surface area (Å²) >= 11 is 5.26. The molecular weight excluding hydrogens is 337 g/mol. The van der Waals surface area contributed by atoms with Crippen molar-refractivity contribution in [1.29, 1.82) is 0 Å². The molecule has 6 heteroatoms. The molecule has 1 aliphatic heterocycles. The smallest absolute Gasteiger partial charge is 0.253 e. The number of hydrogen-bond donors (Lipinski definition) is 2. The van der Waals surface area contributed by atoms with Gasteiger partial charge in [0.05, 0.1) is 0 Å². The molecule has 2 N–H and O–H groups in total. The summed E-state index contributed by atoms with van der Waals surface area (Å²) in [5, 5.41) is 6.63. The minimum Gasteiger partial charge on any atom is -0.358 e. The van der Waals surface area contributed by atoms with Crippen LogP contribution in [0.4, 0.5) is 10.1 Å². The molecule has 2 aromatic carbocycles. The quantitative estimate of drug-likeness (QED) is 0.822. The summed E-state index contributed by atoms with van der Waals surface area (Å²) in [4.78, 5) is 14.2. The summed E-state index contributed by atoms with van der Waals surface area (Å²) in [6, 6.07) is 13.6. The van der Waals surface area contributed by atoms with E-state index in [2.05, 4.69) is 10.6 Å². The number of amides is 1. The van der Waals surface area contributed by atoms with Crippen molar-refractivity contribution in [3.05, 3.63) is 65.5 Å². The number of hydrogen-bond acceptors (Lipinski definition) is 2. The molecule has 130 valence electrons. The van der Waals surface area contributed by atoms with Gasteiger partial charge in [-0.2, -0.15) is 0 Å². The first kappa shape index (κ1) is 17.4. The molecule has 25 heavy (non-hydrogen) atoms. The maximum Gasteiger partial charge on any atom is 0.253 e. The number of rotatable bonds is 4. The molecule has 0 saturated carbocycles. The highest BCUT2D eigenvalue weighted by molar-refractivity contribution is 7.80. The molecule has 1 amide bonds. The predicted octanol–water partition coefficient (Wildman–Crippen LogP) is 3.55. The first-order valence-electron chi connectivity index (χ1n) is 8.30. The van der Waals surface area contributed by atoms with Crippen molar-refractivity contribution in [2.45, 2.75) is 19.4 Å². The Balaban J connectivity index is 1.51. The van der Waals surface area contributed by atoms with Crippen LogP contribution in [0.3, 0.4) is 0 Å². The van der Waals surface area contributed by atoms with Crippen molar-refractivity contribution >= 4 is 28.9 Å². The summed E-state index contributed by atoms with van der Waals surface area (Å²) in [6.07, 6.45) is 2.17. The van der Waals surface area contributed by atoms with Crippen LogP contribution in [0.25, 0.3) is 0 Å². The molecule has 0 aromatic heterocycles. The lowest BCUT2D eigenvalue weighted by atomic mass is 10.2. The summed E-state index contributed by atoms with van der Waals surface area (Å²) < 4.78 is 12.9. The van der Waals surface area contributed by atoms with E-state index in [1.807, 2.05) is 29.2 Å². The lowest BCUT2D eigenvalue weighted by molar-refractivity contribution is 0.0793. The van der Waals surface area contributed by atoms with Crippen LogP contribution in [-0.2, 0) is 6.54 Å². The zero-order chi connectivity index (χ0) is 17.6. The lowest BCUT2D eigenvalue weighted by Crippen LogP contribution is -2.28. The Morgan fingerprint density at radius 2 is 1.68 bits per heavy atom. The summed E-state index contributed by atoms with van der Waals surface area (Å²) in [5.74, 6) is -0.172. The fourth-order valence-corrected chi connectivity index (χ4v) is 2.95. The Morgan fingerprint density at radius 3 is 2.32 bits per heavy atom. The summed E-state index contributed by atoms with van der Waals surface area (Å²) in [5.41, 5.74) is 2.45. The highest BCUT2D eigenvalue weighted by atomic mass is 32.1. The van der Waals surface area contributed by atoms with Crippen LogP contribution in [0, 0.1) is 5.82 Å². The molecule has 0 unspecified atom stereocenters. The molecule has 1 aliphatic rings. The first-order chi connectivity index (χ1) is 12.1. The fourth-order valence-electron chi connectivity index (χ4n) is 2.76. The number of nitrogens with zero attached hydrogens (tertiary/aromatic N) is 1. The average Bonchev–Trinajstić information content (AvgIpc) is 3.16. The first-order valence-corrected chi connectivity index (χ1v) is 8.71. The minimum absolute atomic E-state index is 0.0843. The normalized spacial score (nSPS) is 13.6. The van der Waals surface area contributed by atoms with E-state index in [4.69, 9.17) is 12.2 Å². The summed E-state index contributed by atoms with van der Waals surface area (Å²) in [6.45, 7) is 2.20. The Labute approximate surface area is 152 Å². The van der Waals surface area contributed by atoms with Gasteiger partial charge in [-0.3, -0.25) is 4.79 Å². The van der Waals surface area contributed by atoms with Gasteiger partial charge in [-0.15, -0.1) is 0 Å². The number of carbonyl (C=O) groups is 1. The monoisotopic (exact) mass is 357 g/mol. The van der Waals surface area contributed by atoms with Crippen LogP contribution in [0.15, 0.2) is 48.5 Å². The molecule has 0 aliphatic carbocycles. The number of likely N-dealkylation sites (tertiary alicyclic amines) is 1. The van der Waals surface area contributed by atoms with Gasteiger partial charge in [-0.05, 0) is 67.0 Å². The van der Waals surface area contributed by atoms with Crippen LogP contribution in [0.5, 0.6) is 0 Å². The molecule has 3 rings (SSSR count). The molecular formula is C19H20FN3OS. The van der Waals surface area contributed by atoms with E-state index in [0.717, 1.165) is 37.2 Å². The molecule has 0 bridgehead atoms. The van der Waals surface area contributed by atoms with Crippen molar-refractivity contribution in [3.63, 3.8) is 0 Å². The van der Waals surface area contributed by atoms with Gasteiger partial charge in [0.15, 0.2) is 5.11 Å². The highest BCUT2D eigenvalue weighted by Crippen LogP contribution is 2.15. The largest absolute Gasteiger partial charge is 0.358 e. The van der Waals surface area contributed by atoms with Gasteiger partial charge in [0.1, 0.15) is 5.82 Å². The lowest BCUT2D eigenvalue weighted by Gasteiger charge is -2.15. The standard InChI is InChI=1S/C19H20FN3OS/c20-16-7-3-14(4-8-16)13-21-19(25)22-17-9-5-15(6-10-17)18(24)23-11-1-2-12-23/h3-10H,1-2,11-13H2,(H2,21,22,25). The van der Waals surface area contributed by atoms with Gasteiger partial charge in [0.2, 0.25) is 0 Å². The van der Waals surface area contributed by atoms with E-state index < -0.39 is 0 Å². The van der Waals surface area contributed by atoms with Crippen LogP contribution < -0.4 is 10.6 Å². The number of nitrogens with one attached hydrogen (secondary N) is 2. The van der Waals surface area contributed by atoms with Gasteiger partial charge in [0.25, 0.3) is 5.91 Å². The molecule has 2 aromatic rings.